The molecule has 0 saturated carbocycles. The number of hydrogen-bond donors (Lipinski definition) is 1. The van der Waals surface area contributed by atoms with Gasteiger partial charge in [0.15, 0.2) is 0 Å². The molecular weight excluding hydrogens is 230 g/mol. The average molecular weight is 251 g/mol. The van der Waals surface area contributed by atoms with Crippen LogP contribution in [-0.2, 0) is 0 Å². The van der Waals surface area contributed by atoms with Gasteiger partial charge in [-0.3, -0.25) is 4.90 Å². The second-order valence-corrected chi connectivity index (χ2v) is 4.24. The lowest BCUT2D eigenvalue weighted by Crippen LogP contribution is -2.30. The topological polar surface area (TPSA) is 49.8 Å². The molecule has 0 aliphatic carbocycles. The molecule has 1 amide bonds. The van der Waals surface area contributed by atoms with E-state index in [-0.39, 0.29) is 6.10 Å². The maximum atomic E-state index is 11.3. The summed E-state index contributed by atoms with van der Waals surface area (Å²) in [6, 6.07) is 7.27. The van der Waals surface area contributed by atoms with Crippen LogP contribution in [0.4, 0.5) is 10.5 Å². The van der Waals surface area contributed by atoms with Crippen molar-refractivity contribution in [2.75, 3.05) is 11.4 Å². The van der Waals surface area contributed by atoms with E-state index in [1.165, 1.54) is 4.90 Å². The van der Waals surface area contributed by atoms with E-state index in [0.29, 0.717) is 18.0 Å². The van der Waals surface area contributed by atoms with E-state index in [1.807, 2.05) is 39.0 Å². The largest absolute Gasteiger partial charge is 0.489 e. The molecule has 4 heteroatoms. The molecule has 0 saturated heterocycles. The molecule has 0 aromatic heterocycles. The van der Waals surface area contributed by atoms with Crippen molar-refractivity contribution in [3.63, 3.8) is 0 Å². The Hall–Kier alpha value is -1.71. The summed E-state index contributed by atoms with van der Waals surface area (Å²) in [6.45, 7) is 6.43. The number of carbonyl (C=O) groups is 1. The minimum atomic E-state index is -0.947. The van der Waals surface area contributed by atoms with Crippen LogP contribution in [-0.4, -0.2) is 23.8 Å². The number of para-hydroxylation sites is 2. The summed E-state index contributed by atoms with van der Waals surface area (Å²) in [5.74, 6) is 0.628. The van der Waals surface area contributed by atoms with Gasteiger partial charge in [-0.25, -0.2) is 4.79 Å². The lowest BCUT2D eigenvalue weighted by atomic mass is 10.2. The maximum Gasteiger partial charge on any atom is 0.411 e. The first kappa shape index (κ1) is 14.4. The van der Waals surface area contributed by atoms with E-state index >= 15 is 0 Å². The van der Waals surface area contributed by atoms with Crippen LogP contribution in [0.2, 0.25) is 0 Å². The van der Waals surface area contributed by atoms with Gasteiger partial charge in [-0.15, -0.1) is 0 Å². The number of benzene rings is 1. The van der Waals surface area contributed by atoms with Crippen molar-refractivity contribution in [3.05, 3.63) is 24.3 Å². The fourth-order valence-corrected chi connectivity index (χ4v) is 1.62. The van der Waals surface area contributed by atoms with E-state index in [1.54, 1.807) is 6.07 Å². The third-order valence-electron chi connectivity index (χ3n) is 2.74. The summed E-state index contributed by atoms with van der Waals surface area (Å²) in [7, 11) is 0. The van der Waals surface area contributed by atoms with Crippen LogP contribution >= 0.6 is 0 Å². The first-order chi connectivity index (χ1) is 8.60. The normalized spacial score (nSPS) is 11.9. The summed E-state index contributed by atoms with van der Waals surface area (Å²) < 4.78 is 5.77. The van der Waals surface area contributed by atoms with Crippen molar-refractivity contribution in [3.8, 4) is 5.75 Å². The molecule has 0 spiro atoms. The zero-order valence-corrected chi connectivity index (χ0v) is 11.2. The summed E-state index contributed by atoms with van der Waals surface area (Å²) in [5.41, 5.74) is 0.618. The Morgan fingerprint density at radius 3 is 2.61 bits per heavy atom. The molecule has 1 unspecified atom stereocenters. The monoisotopic (exact) mass is 251 g/mol. The van der Waals surface area contributed by atoms with Gasteiger partial charge in [0, 0.05) is 6.54 Å². The van der Waals surface area contributed by atoms with E-state index in [9.17, 15) is 9.90 Å². The molecule has 0 aliphatic heterocycles. The van der Waals surface area contributed by atoms with Gasteiger partial charge in [0.2, 0.25) is 0 Å². The molecule has 1 rings (SSSR count). The highest BCUT2D eigenvalue weighted by molar-refractivity contribution is 5.88. The maximum absolute atomic E-state index is 11.3. The standard InChI is InChI=1S/C14H21NO3/c1-4-10-15(14(16)17)12-8-6-7-9-13(12)18-11(3)5-2/h6-9,11H,4-5,10H2,1-3H3,(H,16,17). The average Bonchev–Trinajstić information content (AvgIpc) is 2.36. The van der Waals surface area contributed by atoms with Gasteiger partial charge in [-0.05, 0) is 31.9 Å². The van der Waals surface area contributed by atoms with Crippen LogP contribution in [0, 0.1) is 0 Å². The summed E-state index contributed by atoms with van der Waals surface area (Å²) in [5, 5.41) is 9.24. The van der Waals surface area contributed by atoms with Crippen LogP contribution in [0.3, 0.4) is 0 Å². The third kappa shape index (κ3) is 3.65. The Morgan fingerprint density at radius 1 is 1.39 bits per heavy atom. The van der Waals surface area contributed by atoms with Gasteiger partial charge in [0.05, 0.1) is 11.8 Å². The molecule has 0 fully saturated rings. The SMILES string of the molecule is CCCN(C(=O)O)c1ccccc1OC(C)CC. The lowest BCUT2D eigenvalue weighted by Gasteiger charge is -2.23. The quantitative estimate of drug-likeness (QED) is 0.837. The number of nitrogens with zero attached hydrogens (tertiary/aromatic N) is 1. The zero-order chi connectivity index (χ0) is 13.5. The number of carboxylic acid groups (broad SMARTS) is 1. The minimum absolute atomic E-state index is 0.0726. The highest BCUT2D eigenvalue weighted by Gasteiger charge is 2.18. The molecule has 1 atom stereocenters. The van der Waals surface area contributed by atoms with Crippen LogP contribution in [0.15, 0.2) is 24.3 Å². The lowest BCUT2D eigenvalue weighted by molar-refractivity contribution is 0.199. The van der Waals surface area contributed by atoms with Gasteiger partial charge < -0.3 is 9.84 Å². The van der Waals surface area contributed by atoms with Gasteiger partial charge in [0.25, 0.3) is 0 Å². The fourth-order valence-electron chi connectivity index (χ4n) is 1.62. The Labute approximate surface area is 108 Å². The van der Waals surface area contributed by atoms with E-state index < -0.39 is 6.09 Å². The Kier molecular flexibility index (Phi) is 5.49. The smallest absolute Gasteiger partial charge is 0.411 e. The highest BCUT2D eigenvalue weighted by atomic mass is 16.5. The van der Waals surface area contributed by atoms with Crippen molar-refractivity contribution in [2.45, 2.75) is 39.7 Å². The molecule has 0 bridgehead atoms. The number of hydrogen-bond acceptors (Lipinski definition) is 2. The first-order valence-electron chi connectivity index (χ1n) is 6.36. The number of ether oxygens (including phenoxy) is 1. The number of anilines is 1. The van der Waals surface area contributed by atoms with Crippen molar-refractivity contribution < 1.29 is 14.6 Å². The molecule has 100 valence electrons. The van der Waals surface area contributed by atoms with Gasteiger partial charge >= 0.3 is 6.09 Å². The first-order valence-corrected chi connectivity index (χ1v) is 6.36. The van der Waals surface area contributed by atoms with Crippen LogP contribution in [0.1, 0.15) is 33.6 Å². The molecule has 18 heavy (non-hydrogen) atoms. The third-order valence-corrected chi connectivity index (χ3v) is 2.74. The van der Waals surface area contributed by atoms with Crippen molar-refractivity contribution in [2.24, 2.45) is 0 Å². The van der Waals surface area contributed by atoms with Crippen molar-refractivity contribution in [1.82, 2.24) is 0 Å². The summed E-state index contributed by atoms with van der Waals surface area (Å²) >= 11 is 0. The molecule has 0 radical (unpaired) electrons. The number of amides is 1. The van der Waals surface area contributed by atoms with E-state index in [0.717, 1.165) is 12.8 Å². The second kappa shape index (κ2) is 6.89. The summed E-state index contributed by atoms with van der Waals surface area (Å²) in [4.78, 5) is 12.6. The minimum Gasteiger partial charge on any atom is -0.489 e. The Morgan fingerprint density at radius 2 is 2.06 bits per heavy atom. The van der Waals surface area contributed by atoms with E-state index in [4.69, 9.17) is 4.74 Å². The van der Waals surface area contributed by atoms with Crippen molar-refractivity contribution in [1.29, 1.82) is 0 Å². The van der Waals surface area contributed by atoms with Crippen LogP contribution < -0.4 is 9.64 Å². The molecular formula is C14H21NO3. The number of rotatable bonds is 6. The van der Waals surface area contributed by atoms with Crippen LogP contribution in [0.5, 0.6) is 5.75 Å². The van der Waals surface area contributed by atoms with Crippen LogP contribution in [0.25, 0.3) is 0 Å². The second-order valence-electron chi connectivity index (χ2n) is 4.24. The fraction of sp³-hybridized carbons (Fsp3) is 0.500. The van der Waals surface area contributed by atoms with Crippen molar-refractivity contribution >= 4 is 11.8 Å². The molecule has 0 heterocycles. The zero-order valence-electron chi connectivity index (χ0n) is 11.2. The van der Waals surface area contributed by atoms with Gasteiger partial charge in [0.1, 0.15) is 5.75 Å². The predicted octanol–water partition coefficient (Wildman–Crippen LogP) is 3.76. The predicted molar refractivity (Wildman–Crippen MR) is 72.5 cm³/mol. The van der Waals surface area contributed by atoms with E-state index in [2.05, 4.69) is 0 Å². The molecule has 4 nitrogen and oxygen atoms in total. The molecule has 1 aromatic rings. The molecule has 1 N–H and O–H groups in total. The Bertz CT molecular complexity index is 392. The van der Waals surface area contributed by atoms with Gasteiger partial charge in [-0.1, -0.05) is 26.0 Å². The van der Waals surface area contributed by atoms with Gasteiger partial charge in [-0.2, -0.15) is 0 Å². The molecule has 0 aliphatic rings. The molecule has 1 aromatic carbocycles. The highest BCUT2D eigenvalue weighted by Crippen LogP contribution is 2.29. The Balaban J connectivity index is 3.01. The summed E-state index contributed by atoms with van der Waals surface area (Å²) in [6.07, 6.45) is 0.777.